The van der Waals surface area contributed by atoms with Crippen molar-refractivity contribution in [1.29, 1.82) is 0 Å². The molecule has 0 aliphatic heterocycles. The van der Waals surface area contributed by atoms with Crippen LogP contribution in [0.4, 0.5) is 11.5 Å². The van der Waals surface area contributed by atoms with Gasteiger partial charge in [-0.3, -0.25) is 9.38 Å². The number of carboxylic acids is 1. The van der Waals surface area contributed by atoms with Gasteiger partial charge in [0.1, 0.15) is 11.5 Å². The second kappa shape index (κ2) is 6.50. The number of nitrogens with zero attached hydrogens (tertiary/aromatic N) is 3. The average Bonchev–Trinajstić information content (AvgIpc) is 3.01. The van der Waals surface area contributed by atoms with E-state index in [1.54, 1.807) is 42.7 Å². The minimum atomic E-state index is -0.961. The Morgan fingerprint density at radius 3 is 2.69 bits per heavy atom. The zero-order chi connectivity index (χ0) is 18.1. The molecular formula is C19H13ClN4O2. The van der Waals surface area contributed by atoms with Gasteiger partial charge < -0.3 is 10.4 Å². The monoisotopic (exact) mass is 364 g/mol. The molecule has 26 heavy (non-hydrogen) atoms. The highest BCUT2D eigenvalue weighted by atomic mass is 35.5. The first kappa shape index (κ1) is 16.1. The molecule has 7 heteroatoms. The number of benzene rings is 2. The van der Waals surface area contributed by atoms with Crippen molar-refractivity contribution in [3.8, 4) is 11.3 Å². The SMILES string of the molecule is O=C(O)c1ccc(Nc2c(-c3cccc(Cl)c3)nc3cnccn23)cc1. The molecule has 2 aromatic carbocycles. The summed E-state index contributed by atoms with van der Waals surface area (Å²) < 4.78 is 1.88. The largest absolute Gasteiger partial charge is 0.478 e. The van der Waals surface area contributed by atoms with Gasteiger partial charge in [-0.2, -0.15) is 0 Å². The molecular weight excluding hydrogens is 352 g/mol. The molecule has 0 amide bonds. The predicted molar refractivity (Wildman–Crippen MR) is 100 cm³/mol. The van der Waals surface area contributed by atoms with E-state index in [2.05, 4.69) is 15.3 Å². The van der Waals surface area contributed by atoms with Gasteiger partial charge in [0, 0.05) is 28.7 Å². The van der Waals surface area contributed by atoms with E-state index in [1.165, 1.54) is 0 Å². The second-order valence-corrected chi connectivity index (χ2v) is 6.07. The minimum Gasteiger partial charge on any atom is -0.478 e. The summed E-state index contributed by atoms with van der Waals surface area (Å²) in [7, 11) is 0. The molecule has 0 aliphatic rings. The molecule has 2 N–H and O–H groups in total. The number of halogens is 1. The number of aromatic nitrogens is 3. The maximum Gasteiger partial charge on any atom is 0.335 e. The molecule has 6 nitrogen and oxygen atoms in total. The number of carbonyl (C=O) groups is 1. The molecule has 128 valence electrons. The number of carboxylic acid groups (broad SMARTS) is 1. The third-order valence-electron chi connectivity index (χ3n) is 3.92. The summed E-state index contributed by atoms with van der Waals surface area (Å²) in [6.07, 6.45) is 5.16. The minimum absolute atomic E-state index is 0.230. The molecule has 0 aliphatic carbocycles. The smallest absolute Gasteiger partial charge is 0.335 e. The fourth-order valence-electron chi connectivity index (χ4n) is 2.70. The quantitative estimate of drug-likeness (QED) is 0.557. The molecule has 4 aromatic rings. The fourth-order valence-corrected chi connectivity index (χ4v) is 2.89. The van der Waals surface area contributed by atoms with Gasteiger partial charge in [0.15, 0.2) is 5.65 Å². The maximum atomic E-state index is 11.0. The molecule has 0 spiro atoms. The van der Waals surface area contributed by atoms with E-state index in [0.717, 1.165) is 22.8 Å². The third kappa shape index (κ3) is 2.98. The predicted octanol–water partition coefficient (Wildman–Crippen LogP) is 4.49. The Hall–Kier alpha value is -3.38. The number of aromatic carboxylic acids is 1. The summed E-state index contributed by atoms with van der Waals surface area (Å²) in [6.45, 7) is 0. The van der Waals surface area contributed by atoms with Gasteiger partial charge in [0.05, 0.1) is 11.8 Å². The highest BCUT2D eigenvalue weighted by Crippen LogP contribution is 2.32. The molecule has 0 bridgehead atoms. The van der Waals surface area contributed by atoms with Crippen molar-refractivity contribution in [3.05, 3.63) is 77.7 Å². The van der Waals surface area contributed by atoms with Gasteiger partial charge in [0.2, 0.25) is 0 Å². The number of hydrogen-bond donors (Lipinski definition) is 2. The molecule has 0 unspecified atom stereocenters. The van der Waals surface area contributed by atoms with Crippen LogP contribution in [0.15, 0.2) is 67.1 Å². The lowest BCUT2D eigenvalue weighted by Crippen LogP contribution is -1.99. The first-order valence-corrected chi connectivity index (χ1v) is 8.18. The average molecular weight is 365 g/mol. The third-order valence-corrected chi connectivity index (χ3v) is 4.16. The Bertz CT molecular complexity index is 1110. The van der Waals surface area contributed by atoms with Crippen LogP contribution in [0.3, 0.4) is 0 Å². The molecule has 2 heterocycles. The van der Waals surface area contributed by atoms with E-state index in [0.29, 0.717) is 10.7 Å². The normalized spacial score (nSPS) is 10.8. The molecule has 4 rings (SSSR count). The molecule has 0 fully saturated rings. The van der Waals surface area contributed by atoms with Crippen LogP contribution in [-0.2, 0) is 0 Å². The first-order valence-electron chi connectivity index (χ1n) is 7.80. The first-order chi connectivity index (χ1) is 12.6. The van der Waals surface area contributed by atoms with E-state index >= 15 is 0 Å². The van der Waals surface area contributed by atoms with Crippen LogP contribution in [0.1, 0.15) is 10.4 Å². The van der Waals surface area contributed by atoms with Gasteiger partial charge in [-0.1, -0.05) is 23.7 Å². The van der Waals surface area contributed by atoms with Crippen molar-refractivity contribution in [3.63, 3.8) is 0 Å². The standard InChI is InChI=1S/C19H13ClN4O2/c20-14-3-1-2-13(10-14)17-18(24-9-8-21-11-16(24)23-17)22-15-6-4-12(5-7-15)19(25)26/h1-11,22H,(H,25,26). The van der Waals surface area contributed by atoms with Crippen molar-refractivity contribution in [2.24, 2.45) is 0 Å². The van der Waals surface area contributed by atoms with E-state index in [-0.39, 0.29) is 5.56 Å². The lowest BCUT2D eigenvalue weighted by Gasteiger charge is -2.09. The number of imidazole rings is 1. The molecule has 0 saturated heterocycles. The highest BCUT2D eigenvalue weighted by molar-refractivity contribution is 6.30. The Morgan fingerprint density at radius 1 is 1.15 bits per heavy atom. The van der Waals surface area contributed by atoms with Crippen molar-refractivity contribution in [2.45, 2.75) is 0 Å². The second-order valence-electron chi connectivity index (χ2n) is 5.63. The van der Waals surface area contributed by atoms with Crippen molar-refractivity contribution in [1.82, 2.24) is 14.4 Å². The van der Waals surface area contributed by atoms with Crippen molar-refractivity contribution >= 4 is 34.7 Å². The van der Waals surface area contributed by atoms with E-state index < -0.39 is 5.97 Å². The molecule has 2 aromatic heterocycles. The number of nitrogens with one attached hydrogen (secondary N) is 1. The molecule has 0 saturated carbocycles. The Balaban J connectivity index is 1.82. The van der Waals surface area contributed by atoms with Crippen LogP contribution < -0.4 is 5.32 Å². The molecule has 0 radical (unpaired) electrons. The lowest BCUT2D eigenvalue weighted by molar-refractivity contribution is 0.0697. The van der Waals surface area contributed by atoms with Gasteiger partial charge >= 0.3 is 5.97 Å². The van der Waals surface area contributed by atoms with Crippen molar-refractivity contribution in [2.75, 3.05) is 5.32 Å². The Labute approximate surface area is 153 Å². The van der Waals surface area contributed by atoms with E-state index in [4.69, 9.17) is 16.7 Å². The fraction of sp³-hybridized carbons (Fsp3) is 0. The summed E-state index contributed by atoms with van der Waals surface area (Å²) in [4.78, 5) is 19.8. The van der Waals surface area contributed by atoms with Crippen LogP contribution in [0.25, 0.3) is 16.9 Å². The van der Waals surface area contributed by atoms with E-state index in [1.807, 2.05) is 28.8 Å². The number of anilines is 2. The summed E-state index contributed by atoms with van der Waals surface area (Å²) in [5, 5.41) is 13.0. The van der Waals surface area contributed by atoms with Crippen LogP contribution in [0.2, 0.25) is 5.02 Å². The number of fused-ring (bicyclic) bond motifs is 1. The topological polar surface area (TPSA) is 79.5 Å². The molecule has 0 atom stereocenters. The maximum absolute atomic E-state index is 11.0. The summed E-state index contributed by atoms with van der Waals surface area (Å²) >= 11 is 6.13. The van der Waals surface area contributed by atoms with Gasteiger partial charge in [-0.25, -0.2) is 9.78 Å². The van der Waals surface area contributed by atoms with E-state index in [9.17, 15) is 4.79 Å². The van der Waals surface area contributed by atoms with Crippen molar-refractivity contribution < 1.29 is 9.90 Å². The van der Waals surface area contributed by atoms with Crippen LogP contribution in [0.5, 0.6) is 0 Å². The lowest BCUT2D eigenvalue weighted by atomic mass is 10.1. The zero-order valence-electron chi connectivity index (χ0n) is 13.4. The zero-order valence-corrected chi connectivity index (χ0v) is 14.2. The van der Waals surface area contributed by atoms with Crippen LogP contribution in [0, 0.1) is 0 Å². The number of hydrogen-bond acceptors (Lipinski definition) is 4. The van der Waals surface area contributed by atoms with Gasteiger partial charge in [0.25, 0.3) is 0 Å². The van der Waals surface area contributed by atoms with Gasteiger partial charge in [-0.05, 0) is 36.4 Å². The highest BCUT2D eigenvalue weighted by Gasteiger charge is 2.15. The summed E-state index contributed by atoms with van der Waals surface area (Å²) in [6, 6.07) is 14.0. The Morgan fingerprint density at radius 2 is 1.96 bits per heavy atom. The Kier molecular flexibility index (Phi) is 4.02. The summed E-state index contributed by atoms with van der Waals surface area (Å²) in [5.74, 6) is -0.218. The van der Waals surface area contributed by atoms with Gasteiger partial charge in [-0.15, -0.1) is 0 Å². The summed E-state index contributed by atoms with van der Waals surface area (Å²) in [5.41, 5.74) is 3.26. The number of rotatable bonds is 4. The van der Waals surface area contributed by atoms with Crippen LogP contribution >= 0.6 is 11.6 Å². The van der Waals surface area contributed by atoms with Crippen LogP contribution in [-0.4, -0.2) is 25.4 Å².